The van der Waals surface area contributed by atoms with E-state index in [1.807, 2.05) is 12.1 Å². The smallest absolute Gasteiger partial charge is 0.324 e. The fourth-order valence-corrected chi connectivity index (χ4v) is 1.96. The minimum atomic E-state index is -0.707. The van der Waals surface area contributed by atoms with Gasteiger partial charge in [-0.15, -0.1) is 11.6 Å². The number of hydrogen-bond acceptors (Lipinski definition) is 2. The zero-order valence-corrected chi connectivity index (χ0v) is 11.1. The molecule has 2 nitrogen and oxygen atoms in total. The lowest BCUT2D eigenvalue weighted by molar-refractivity contribution is -0.140. The van der Waals surface area contributed by atoms with E-state index in [9.17, 15) is 4.79 Å². The Labute approximate surface area is 107 Å². The summed E-state index contributed by atoms with van der Waals surface area (Å²) in [4.78, 5) is 11.1. The van der Waals surface area contributed by atoms with E-state index in [-0.39, 0.29) is 0 Å². The summed E-state index contributed by atoms with van der Waals surface area (Å²) in [6.07, 6.45) is 0.354. The molecule has 0 fully saturated rings. The molecule has 1 rings (SSSR count). The van der Waals surface area contributed by atoms with Crippen molar-refractivity contribution in [3.05, 3.63) is 33.3 Å². The zero-order chi connectivity index (χ0) is 11.4. The van der Waals surface area contributed by atoms with Gasteiger partial charge in [0.05, 0.1) is 7.11 Å². The van der Waals surface area contributed by atoms with Crippen molar-refractivity contribution in [1.29, 1.82) is 0 Å². The highest BCUT2D eigenvalue weighted by Crippen LogP contribution is 2.23. The van der Waals surface area contributed by atoms with Crippen LogP contribution in [0.1, 0.15) is 5.56 Å². The normalized spacial score (nSPS) is 12.3. The fourth-order valence-electron chi connectivity index (χ4n) is 1.10. The summed E-state index contributed by atoms with van der Waals surface area (Å²) in [6.45, 7) is 0. The summed E-state index contributed by atoms with van der Waals surface area (Å²) in [5.74, 6) is -0.451. The molecule has 1 atom stereocenters. The Balaban J connectivity index is 2.80. The monoisotopic (exact) mass is 310 g/mol. The van der Waals surface area contributed by atoms with Crippen LogP contribution in [0.25, 0.3) is 0 Å². The van der Waals surface area contributed by atoms with Crippen molar-refractivity contribution in [2.24, 2.45) is 0 Å². The van der Waals surface area contributed by atoms with E-state index in [4.69, 9.17) is 23.2 Å². The van der Waals surface area contributed by atoms with Gasteiger partial charge in [0.15, 0.2) is 0 Å². The van der Waals surface area contributed by atoms with Crippen LogP contribution in [0.5, 0.6) is 0 Å². The molecule has 1 aromatic carbocycles. The number of benzene rings is 1. The maximum atomic E-state index is 11.1. The summed E-state index contributed by atoms with van der Waals surface area (Å²) < 4.78 is 5.43. The van der Waals surface area contributed by atoms with Crippen molar-refractivity contribution in [1.82, 2.24) is 0 Å². The molecule has 1 aromatic rings. The van der Waals surface area contributed by atoms with E-state index in [1.54, 1.807) is 6.07 Å². The Morgan fingerprint density at radius 1 is 1.60 bits per heavy atom. The first-order valence-corrected chi connectivity index (χ1v) is 5.81. The summed E-state index contributed by atoms with van der Waals surface area (Å²) in [7, 11) is 1.31. The van der Waals surface area contributed by atoms with Crippen LogP contribution in [0, 0.1) is 0 Å². The molecule has 5 heteroatoms. The minimum Gasteiger partial charge on any atom is -0.468 e. The molecule has 82 valence electrons. The maximum absolute atomic E-state index is 11.1. The van der Waals surface area contributed by atoms with E-state index in [0.29, 0.717) is 11.4 Å². The van der Waals surface area contributed by atoms with E-state index >= 15 is 0 Å². The topological polar surface area (TPSA) is 26.3 Å². The molecular weight excluding hydrogens is 303 g/mol. The highest BCUT2D eigenvalue weighted by molar-refractivity contribution is 9.10. The molecule has 0 spiro atoms. The van der Waals surface area contributed by atoms with Gasteiger partial charge >= 0.3 is 5.97 Å². The van der Waals surface area contributed by atoms with Gasteiger partial charge in [0, 0.05) is 15.9 Å². The lowest BCUT2D eigenvalue weighted by atomic mass is 10.1. The number of hydrogen-bond donors (Lipinski definition) is 0. The van der Waals surface area contributed by atoms with E-state index < -0.39 is 11.3 Å². The largest absolute Gasteiger partial charge is 0.468 e. The fraction of sp³-hybridized carbons (Fsp3) is 0.300. The highest BCUT2D eigenvalue weighted by Gasteiger charge is 2.17. The van der Waals surface area contributed by atoms with Crippen molar-refractivity contribution >= 4 is 45.1 Å². The number of halogens is 3. The Morgan fingerprint density at radius 3 is 2.87 bits per heavy atom. The molecule has 15 heavy (non-hydrogen) atoms. The molecule has 0 radical (unpaired) electrons. The first-order chi connectivity index (χ1) is 7.04. The van der Waals surface area contributed by atoms with Gasteiger partial charge in [0.25, 0.3) is 0 Å². The van der Waals surface area contributed by atoms with E-state index in [0.717, 1.165) is 10.0 Å². The second-order valence-corrected chi connectivity index (χ2v) is 4.78. The van der Waals surface area contributed by atoms with Crippen molar-refractivity contribution in [2.75, 3.05) is 7.11 Å². The van der Waals surface area contributed by atoms with Gasteiger partial charge in [-0.25, -0.2) is 0 Å². The molecule has 0 saturated heterocycles. The first-order valence-electron chi connectivity index (χ1n) is 4.20. The number of carbonyl (C=O) groups is 1. The predicted octanol–water partition coefficient (Wildman–Crippen LogP) is 3.43. The second-order valence-electron chi connectivity index (χ2n) is 2.93. The minimum absolute atomic E-state index is 0.354. The second kappa shape index (κ2) is 5.73. The number of rotatable bonds is 3. The summed E-state index contributed by atoms with van der Waals surface area (Å²) in [6, 6.07) is 5.41. The van der Waals surface area contributed by atoms with Crippen molar-refractivity contribution < 1.29 is 9.53 Å². The van der Waals surface area contributed by atoms with Crippen LogP contribution in [0.3, 0.4) is 0 Å². The summed E-state index contributed by atoms with van der Waals surface area (Å²) >= 11 is 15.1. The molecule has 1 unspecified atom stereocenters. The molecule has 0 aliphatic heterocycles. The molecule has 0 saturated carbocycles. The van der Waals surface area contributed by atoms with Gasteiger partial charge in [0.2, 0.25) is 0 Å². The van der Waals surface area contributed by atoms with Crippen molar-refractivity contribution in [3.8, 4) is 0 Å². The number of alkyl halides is 1. The van der Waals surface area contributed by atoms with Gasteiger partial charge in [-0.3, -0.25) is 4.79 Å². The molecule has 0 aromatic heterocycles. The maximum Gasteiger partial charge on any atom is 0.324 e. The molecular formula is C10H9BrCl2O2. The Bertz CT molecular complexity index is 368. The van der Waals surface area contributed by atoms with Gasteiger partial charge < -0.3 is 4.74 Å². The number of methoxy groups -OCH3 is 1. The third-order valence-corrected chi connectivity index (χ3v) is 3.06. The van der Waals surface area contributed by atoms with Crippen LogP contribution in [0.2, 0.25) is 5.02 Å². The average molecular weight is 312 g/mol. The quantitative estimate of drug-likeness (QED) is 0.631. The van der Waals surface area contributed by atoms with Crippen molar-refractivity contribution in [3.63, 3.8) is 0 Å². The number of carbonyl (C=O) groups excluding carboxylic acids is 1. The van der Waals surface area contributed by atoms with Gasteiger partial charge in [-0.2, -0.15) is 0 Å². The van der Waals surface area contributed by atoms with Crippen LogP contribution in [0.4, 0.5) is 0 Å². The van der Waals surface area contributed by atoms with Crippen LogP contribution in [-0.4, -0.2) is 18.5 Å². The molecule has 0 amide bonds. The first kappa shape index (κ1) is 12.8. The molecule has 0 aliphatic rings. The molecule has 0 aliphatic carbocycles. The number of esters is 1. The third kappa shape index (κ3) is 3.67. The molecule has 0 heterocycles. The lowest BCUT2D eigenvalue weighted by Gasteiger charge is -2.09. The number of ether oxygens (including phenoxy) is 1. The van der Waals surface area contributed by atoms with Gasteiger partial charge in [0.1, 0.15) is 5.38 Å². The summed E-state index contributed by atoms with van der Waals surface area (Å²) in [5, 5.41) is -0.116. The predicted molar refractivity (Wildman–Crippen MR) is 64.5 cm³/mol. The SMILES string of the molecule is COC(=O)C(Cl)Cc1cc(Br)ccc1Cl. The van der Waals surface area contributed by atoms with Crippen LogP contribution < -0.4 is 0 Å². The van der Waals surface area contributed by atoms with Gasteiger partial charge in [-0.05, 0) is 23.8 Å². The Kier molecular flexibility index (Phi) is 4.90. The standard InChI is InChI=1S/C10H9BrCl2O2/c1-15-10(14)9(13)5-6-4-7(11)2-3-8(6)12/h2-4,9H,5H2,1H3. The van der Waals surface area contributed by atoms with Crippen molar-refractivity contribution in [2.45, 2.75) is 11.8 Å². The van der Waals surface area contributed by atoms with E-state index in [2.05, 4.69) is 20.7 Å². The van der Waals surface area contributed by atoms with Crippen LogP contribution >= 0.6 is 39.1 Å². The van der Waals surface area contributed by atoms with Gasteiger partial charge in [-0.1, -0.05) is 27.5 Å². The third-order valence-electron chi connectivity index (χ3n) is 1.86. The molecule has 0 bridgehead atoms. The van der Waals surface area contributed by atoms with E-state index in [1.165, 1.54) is 7.11 Å². The summed E-state index contributed by atoms with van der Waals surface area (Å²) in [5.41, 5.74) is 0.816. The Morgan fingerprint density at radius 2 is 2.27 bits per heavy atom. The zero-order valence-electron chi connectivity index (χ0n) is 7.97. The Hall–Kier alpha value is -0.250. The van der Waals surface area contributed by atoms with Crippen LogP contribution in [-0.2, 0) is 16.0 Å². The average Bonchev–Trinajstić information content (AvgIpc) is 2.22. The lowest BCUT2D eigenvalue weighted by Crippen LogP contribution is -2.18. The molecule has 0 N–H and O–H groups in total. The highest BCUT2D eigenvalue weighted by atomic mass is 79.9. The van der Waals surface area contributed by atoms with Crippen LogP contribution in [0.15, 0.2) is 22.7 Å².